The van der Waals surface area contributed by atoms with Crippen LogP contribution in [0.2, 0.25) is 0 Å². The van der Waals surface area contributed by atoms with Gasteiger partial charge in [-0.25, -0.2) is 4.79 Å². The highest BCUT2D eigenvalue weighted by Gasteiger charge is 2.35. The summed E-state index contributed by atoms with van der Waals surface area (Å²) in [4.78, 5) is 15.6. The summed E-state index contributed by atoms with van der Waals surface area (Å²) >= 11 is 0. The molecule has 2 aliphatic rings. The van der Waals surface area contributed by atoms with Crippen LogP contribution in [0, 0.1) is 0 Å². The van der Waals surface area contributed by atoms with E-state index in [2.05, 4.69) is 5.32 Å². The Kier molecular flexibility index (Phi) is 4.48. The van der Waals surface area contributed by atoms with Gasteiger partial charge in [-0.1, -0.05) is 18.2 Å². The van der Waals surface area contributed by atoms with E-state index < -0.39 is 11.7 Å². The summed E-state index contributed by atoms with van der Waals surface area (Å²) in [6, 6.07) is 5.75. The van der Waals surface area contributed by atoms with E-state index in [0.717, 1.165) is 25.5 Å². The molecule has 1 aromatic carbocycles. The van der Waals surface area contributed by atoms with Crippen LogP contribution in [-0.2, 0) is 12.7 Å². The Morgan fingerprint density at radius 2 is 2.00 bits per heavy atom. The summed E-state index contributed by atoms with van der Waals surface area (Å²) in [5.74, 6) is 0. The lowest BCUT2D eigenvalue weighted by Gasteiger charge is -2.37. The zero-order valence-corrected chi connectivity index (χ0v) is 12.8. The fraction of sp³-hybridized carbons (Fsp3) is 0.562. The maximum atomic E-state index is 13.1. The van der Waals surface area contributed by atoms with Gasteiger partial charge in [-0.3, -0.25) is 4.90 Å². The van der Waals surface area contributed by atoms with Crippen molar-refractivity contribution in [3.8, 4) is 0 Å². The van der Waals surface area contributed by atoms with Gasteiger partial charge in [-0.15, -0.1) is 0 Å². The quantitative estimate of drug-likeness (QED) is 0.926. The van der Waals surface area contributed by atoms with Crippen LogP contribution in [0.25, 0.3) is 0 Å². The minimum atomic E-state index is -4.33. The number of likely N-dealkylation sites (tertiary alicyclic amines) is 1. The summed E-state index contributed by atoms with van der Waals surface area (Å²) in [7, 11) is 0. The second-order valence-corrected chi connectivity index (χ2v) is 6.11. The van der Waals surface area contributed by atoms with Crippen LogP contribution < -0.4 is 5.32 Å². The number of carbonyl (C=O) groups is 1. The van der Waals surface area contributed by atoms with Crippen LogP contribution in [0.15, 0.2) is 24.3 Å². The molecular weight excluding hydrogens is 307 g/mol. The Balaban J connectivity index is 1.70. The summed E-state index contributed by atoms with van der Waals surface area (Å²) in [5, 5.41) is 2.78. The van der Waals surface area contributed by atoms with Gasteiger partial charge in [0.15, 0.2) is 0 Å². The van der Waals surface area contributed by atoms with Crippen molar-refractivity contribution < 1.29 is 18.0 Å². The van der Waals surface area contributed by atoms with E-state index in [1.807, 2.05) is 9.80 Å². The topological polar surface area (TPSA) is 35.6 Å². The minimum absolute atomic E-state index is 0.0625. The van der Waals surface area contributed by atoms with Crippen LogP contribution in [0.4, 0.5) is 18.0 Å². The first kappa shape index (κ1) is 16.1. The maximum absolute atomic E-state index is 13.1. The third-order valence-electron chi connectivity index (χ3n) is 4.53. The predicted octanol–water partition coefficient (Wildman–Crippen LogP) is 2.70. The number of hydrogen-bond acceptors (Lipinski definition) is 2. The molecule has 3 rings (SSSR count). The van der Waals surface area contributed by atoms with Gasteiger partial charge in [-0.05, 0) is 31.0 Å². The molecule has 2 amide bonds. The number of benzene rings is 1. The first-order valence-corrected chi connectivity index (χ1v) is 7.87. The molecule has 2 aliphatic heterocycles. The highest BCUT2D eigenvalue weighted by Crippen LogP contribution is 2.32. The number of amides is 2. The molecule has 0 spiro atoms. The van der Waals surface area contributed by atoms with Crippen molar-refractivity contribution in [2.45, 2.75) is 31.6 Å². The molecule has 2 saturated heterocycles. The molecule has 1 atom stereocenters. The van der Waals surface area contributed by atoms with E-state index in [1.54, 1.807) is 6.07 Å². The van der Waals surface area contributed by atoms with Crippen LogP contribution in [0.5, 0.6) is 0 Å². The number of carbonyl (C=O) groups excluding carboxylic acids is 1. The first-order chi connectivity index (χ1) is 10.9. The number of piperidine rings is 1. The number of halogens is 3. The Bertz CT molecular complexity index is 576. The van der Waals surface area contributed by atoms with E-state index >= 15 is 0 Å². The van der Waals surface area contributed by atoms with Crippen molar-refractivity contribution >= 4 is 6.03 Å². The van der Waals surface area contributed by atoms with Gasteiger partial charge in [0.25, 0.3) is 0 Å². The van der Waals surface area contributed by atoms with Crippen LogP contribution in [-0.4, -0.2) is 48.1 Å². The Morgan fingerprint density at radius 3 is 2.70 bits per heavy atom. The molecule has 2 heterocycles. The maximum Gasteiger partial charge on any atom is 0.416 e. The molecule has 1 N–H and O–H groups in total. The standard InChI is InChI=1S/C16H20F3N3O/c17-16(18,19)14-6-2-1-4-12(14)10-21-8-3-5-13(11-21)22-9-7-20-15(22)23/h1-2,4,6,13H,3,5,7-11H2,(H,20,23). The number of nitrogens with one attached hydrogen (secondary N) is 1. The number of rotatable bonds is 3. The van der Waals surface area contributed by atoms with Gasteiger partial charge < -0.3 is 10.2 Å². The lowest BCUT2D eigenvalue weighted by atomic mass is 10.0. The Morgan fingerprint density at radius 1 is 1.22 bits per heavy atom. The number of alkyl halides is 3. The Labute approximate surface area is 133 Å². The fourth-order valence-electron chi connectivity index (χ4n) is 3.44. The van der Waals surface area contributed by atoms with E-state index in [-0.39, 0.29) is 18.6 Å². The van der Waals surface area contributed by atoms with Gasteiger partial charge in [-0.2, -0.15) is 13.2 Å². The van der Waals surface area contributed by atoms with E-state index in [1.165, 1.54) is 12.1 Å². The zero-order chi connectivity index (χ0) is 16.4. The molecule has 2 fully saturated rings. The van der Waals surface area contributed by atoms with Crippen LogP contribution in [0.3, 0.4) is 0 Å². The van der Waals surface area contributed by atoms with Crippen molar-refractivity contribution in [2.24, 2.45) is 0 Å². The highest BCUT2D eigenvalue weighted by atomic mass is 19.4. The Hall–Kier alpha value is -1.76. The second kappa shape index (κ2) is 6.39. The van der Waals surface area contributed by atoms with Gasteiger partial charge in [0.05, 0.1) is 5.56 Å². The average molecular weight is 327 g/mol. The molecule has 0 bridgehead atoms. The highest BCUT2D eigenvalue weighted by molar-refractivity contribution is 5.76. The van der Waals surface area contributed by atoms with E-state index in [4.69, 9.17) is 0 Å². The number of nitrogens with zero attached hydrogens (tertiary/aromatic N) is 2. The van der Waals surface area contributed by atoms with Crippen molar-refractivity contribution in [1.82, 2.24) is 15.1 Å². The molecule has 0 radical (unpaired) electrons. The monoisotopic (exact) mass is 327 g/mol. The van der Waals surface area contributed by atoms with Crippen molar-refractivity contribution in [1.29, 1.82) is 0 Å². The number of urea groups is 1. The third kappa shape index (κ3) is 3.60. The summed E-state index contributed by atoms with van der Waals surface area (Å²) in [6.45, 7) is 2.97. The predicted molar refractivity (Wildman–Crippen MR) is 79.8 cm³/mol. The summed E-state index contributed by atoms with van der Waals surface area (Å²) < 4.78 is 39.3. The molecule has 1 unspecified atom stereocenters. The van der Waals surface area contributed by atoms with Crippen molar-refractivity contribution in [3.05, 3.63) is 35.4 Å². The summed E-state index contributed by atoms with van der Waals surface area (Å²) in [6.07, 6.45) is -2.53. The average Bonchev–Trinajstić information content (AvgIpc) is 2.93. The first-order valence-electron chi connectivity index (χ1n) is 7.87. The molecule has 126 valence electrons. The molecule has 0 aliphatic carbocycles. The lowest BCUT2D eigenvalue weighted by molar-refractivity contribution is -0.138. The van der Waals surface area contributed by atoms with E-state index in [9.17, 15) is 18.0 Å². The lowest BCUT2D eigenvalue weighted by Crippen LogP contribution is -2.48. The largest absolute Gasteiger partial charge is 0.416 e. The molecule has 23 heavy (non-hydrogen) atoms. The van der Waals surface area contributed by atoms with Crippen LogP contribution in [0.1, 0.15) is 24.0 Å². The SMILES string of the molecule is O=C1NCCN1C1CCCN(Cc2ccccc2C(F)(F)F)C1. The number of hydrogen-bond donors (Lipinski definition) is 1. The summed E-state index contributed by atoms with van der Waals surface area (Å²) in [5.41, 5.74) is -0.271. The molecule has 0 aromatic heterocycles. The van der Waals surface area contributed by atoms with Crippen molar-refractivity contribution in [2.75, 3.05) is 26.2 Å². The second-order valence-electron chi connectivity index (χ2n) is 6.11. The van der Waals surface area contributed by atoms with Gasteiger partial charge >= 0.3 is 12.2 Å². The van der Waals surface area contributed by atoms with Crippen molar-refractivity contribution in [3.63, 3.8) is 0 Å². The normalized spacial score (nSPS) is 23.2. The smallest absolute Gasteiger partial charge is 0.336 e. The fourth-order valence-corrected chi connectivity index (χ4v) is 3.44. The van der Waals surface area contributed by atoms with Gasteiger partial charge in [0.2, 0.25) is 0 Å². The third-order valence-corrected chi connectivity index (χ3v) is 4.53. The van der Waals surface area contributed by atoms with Gasteiger partial charge in [0.1, 0.15) is 0 Å². The minimum Gasteiger partial charge on any atom is -0.336 e. The molecular formula is C16H20F3N3O. The molecule has 0 saturated carbocycles. The molecule has 7 heteroatoms. The van der Waals surface area contributed by atoms with E-state index in [0.29, 0.717) is 25.2 Å². The zero-order valence-electron chi connectivity index (χ0n) is 12.8. The molecule has 1 aromatic rings. The van der Waals surface area contributed by atoms with Gasteiger partial charge in [0, 0.05) is 32.2 Å². The van der Waals surface area contributed by atoms with Crippen LogP contribution >= 0.6 is 0 Å². The molecule has 4 nitrogen and oxygen atoms in total.